The molecule has 4 nitrogen and oxygen atoms in total. The lowest BCUT2D eigenvalue weighted by molar-refractivity contribution is -0.124. The number of benzene rings is 1. The maximum atomic E-state index is 12.8. The minimum atomic E-state index is -0.0360. The smallest absolute Gasteiger partial charge is 0.232 e. The van der Waals surface area contributed by atoms with Crippen molar-refractivity contribution in [3.8, 4) is 0 Å². The van der Waals surface area contributed by atoms with E-state index in [1.54, 1.807) is 0 Å². The van der Waals surface area contributed by atoms with Gasteiger partial charge in [0, 0.05) is 13.2 Å². The molecule has 1 amide bonds. The molecule has 4 heteroatoms. The number of ether oxygens (including phenoxy) is 1. The van der Waals surface area contributed by atoms with Crippen molar-refractivity contribution in [1.29, 1.82) is 0 Å². The molecule has 0 aliphatic carbocycles. The molecular formula is C16H24N2O2. The molecule has 1 aliphatic heterocycles. The van der Waals surface area contributed by atoms with Crippen LogP contribution in [-0.4, -0.2) is 25.2 Å². The summed E-state index contributed by atoms with van der Waals surface area (Å²) in [6, 6.07) is 7.57. The van der Waals surface area contributed by atoms with E-state index in [4.69, 9.17) is 10.5 Å². The molecule has 2 unspecified atom stereocenters. The van der Waals surface area contributed by atoms with E-state index in [1.807, 2.05) is 29.2 Å². The zero-order chi connectivity index (χ0) is 14.5. The van der Waals surface area contributed by atoms with Crippen LogP contribution in [0.25, 0.3) is 0 Å². The van der Waals surface area contributed by atoms with Crippen molar-refractivity contribution in [3.63, 3.8) is 0 Å². The third kappa shape index (κ3) is 2.96. The van der Waals surface area contributed by atoms with Crippen LogP contribution in [0.5, 0.6) is 0 Å². The number of hydrogen-bond acceptors (Lipinski definition) is 3. The van der Waals surface area contributed by atoms with Gasteiger partial charge in [-0.3, -0.25) is 4.79 Å². The van der Waals surface area contributed by atoms with Gasteiger partial charge in [0.05, 0.1) is 23.4 Å². The second-order valence-electron chi connectivity index (χ2n) is 5.26. The quantitative estimate of drug-likeness (QED) is 0.841. The molecule has 1 aliphatic rings. The van der Waals surface area contributed by atoms with Gasteiger partial charge in [-0.2, -0.15) is 0 Å². The molecule has 0 saturated carbocycles. The van der Waals surface area contributed by atoms with Crippen LogP contribution >= 0.6 is 0 Å². The van der Waals surface area contributed by atoms with Crippen molar-refractivity contribution < 1.29 is 9.53 Å². The molecule has 1 aromatic carbocycles. The number of nitrogens with zero attached hydrogens (tertiary/aromatic N) is 1. The molecular weight excluding hydrogens is 252 g/mol. The SMILES string of the molecule is CCCN(C(=O)C1CCOC1CC)c1ccccc1N. The minimum absolute atomic E-state index is 0.0360. The van der Waals surface area contributed by atoms with Gasteiger partial charge in [-0.1, -0.05) is 26.0 Å². The van der Waals surface area contributed by atoms with Crippen LogP contribution in [0.3, 0.4) is 0 Å². The van der Waals surface area contributed by atoms with Crippen LogP contribution in [0.4, 0.5) is 11.4 Å². The molecule has 2 atom stereocenters. The number of hydrogen-bond donors (Lipinski definition) is 1. The molecule has 2 rings (SSSR count). The Bertz CT molecular complexity index is 462. The van der Waals surface area contributed by atoms with Gasteiger partial charge < -0.3 is 15.4 Å². The van der Waals surface area contributed by atoms with Gasteiger partial charge >= 0.3 is 0 Å². The highest BCUT2D eigenvalue weighted by Crippen LogP contribution is 2.30. The minimum Gasteiger partial charge on any atom is -0.397 e. The monoisotopic (exact) mass is 276 g/mol. The summed E-state index contributed by atoms with van der Waals surface area (Å²) >= 11 is 0. The largest absolute Gasteiger partial charge is 0.397 e. The molecule has 20 heavy (non-hydrogen) atoms. The van der Waals surface area contributed by atoms with Crippen LogP contribution in [-0.2, 0) is 9.53 Å². The number of para-hydroxylation sites is 2. The van der Waals surface area contributed by atoms with Crippen LogP contribution in [0.15, 0.2) is 24.3 Å². The summed E-state index contributed by atoms with van der Waals surface area (Å²) in [5.74, 6) is 0.111. The van der Waals surface area contributed by atoms with E-state index in [-0.39, 0.29) is 17.9 Å². The fourth-order valence-electron chi connectivity index (χ4n) is 2.84. The zero-order valence-corrected chi connectivity index (χ0v) is 12.3. The molecule has 1 aromatic rings. The van der Waals surface area contributed by atoms with Gasteiger partial charge in [-0.15, -0.1) is 0 Å². The van der Waals surface area contributed by atoms with E-state index in [0.717, 1.165) is 24.9 Å². The van der Waals surface area contributed by atoms with Crippen LogP contribution < -0.4 is 10.6 Å². The Labute approximate surface area is 120 Å². The summed E-state index contributed by atoms with van der Waals surface area (Å²) in [7, 11) is 0. The zero-order valence-electron chi connectivity index (χ0n) is 12.3. The number of carbonyl (C=O) groups is 1. The Hall–Kier alpha value is -1.55. The average Bonchev–Trinajstić information content (AvgIpc) is 2.93. The number of nitrogen functional groups attached to an aromatic ring is 1. The Morgan fingerprint density at radius 2 is 2.15 bits per heavy atom. The predicted octanol–water partition coefficient (Wildman–Crippen LogP) is 2.83. The molecule has 1 heterocycles. The maximum absolute atomic E-state index is 12.8. The molecule has 1 saturated heterocycles. The van der Waals surface area contributed by atoms with Gasteiger partial charge in [-0.05, 0) is 31.4 Å². The van der Waals surface area contributed by atoms with Gasteiger partial charge in [0.25, 0.3) is 0 Å². The van der Waals surface area contributed by atoms with Crippen molar-refractivity contribution in [2.24, 2.45) is 5.92 Å². The highest BCUT2D eigenvalue weighted by atomic mass is 16.5. The number of carbonyl (C=O) groups excluding carboxylic acids is 1. The molecule has 1 fully saturated rings. The first-order chi connectivity index (χ1) is 9.69. The third-order valence-electron chi connectivity index (χ3n) is 3.87. The number of amides is 1. The standard InChI is InChI=1S/C16H24N2O2/c1-3-10-18(14-8-6-5-7-13(14)17)16(19)12-9-11-20-15(12)4-2/h5-8,12,15H,3-4,9-11,17H2,1-2H3. The van der Waals surface area contributed by atoms with E-state index in [0.29, 0.717) is 18.8 Å². The molecule has 0 aromatic heterocycles. The fraction of sp³-hybridized carbons (Fsp3) is 0.562. The Balaban J connectivity index is 2.24. The summed E-state index contributed by atoms with van der Waals surface area (Å²) in [6.07, 6.45) is 2.64. The molecule has 0 spiro atoms. The van der Waals surface area contributed by atoms with Crippen molar-refractivity contribution in [1.82, 2.24) is 0 Å². The Kier molecular flexibility index (Phi) is 5.01. The van der Waals surface area contributed by atoms with Crippen molar-refractivity contribution in [3.05, 3.63) is 24.3 Å². The maximum Gasteiger partial charge on any atom is 0.232 e. The van der Waals surface area contributed by atoms with Crippen molar-refractivity contribution in [2.75, 3.05) is 23.8 Å². The van der Waals surface area contributed by atoms with E-state index >= 15 is 0 Å². The van der Waals surface area contributed by atoms with E-state index in [2.05, 4.69) is 13.8 Å². The van der Waals surface area contributed by atoms with Gasteiger partial charge in [0.2, 0.25) is 5.91 Å². The van der Waals surface area contributed by atoms with Crippen LogP contribution in [0, 0.1) is 5.92 Å². The lowest BCUT2D eigenvalue weighted by Crippen LogP contribution is -2.40. The molecule has 0 bridgehead atoms. The van der Waals surface area contributed by atoms with Gasteiger partial charge in [-0.25, -0.2) is 0 Å². The summed E-state index contributed by atoms with van der Waals surface area (Å²) in [5, 5.41) is 0. The summed E-state index contributed by atoms with van der Waals surface area (Å²) in [6.45, 7) is 5.51. The highest BCUT2D eigenvalue weighted by molar-refractivity contribution is 5.98. The normalized spacial score (nSPS) is 21.9. The first kappa shape index (κ1) is 14.9. The Morgan fingerprint density at radius 3 is 2.80 bits per heavy atom. The number of nitrogens with two attached hydrogens (primary N) is 1. The fourth-order valence-corrected chi connectivity index (χ4v) is 2.84. The number of rotatable bonds is 5. The van der Waals surface area contributed by atoms with E-state index in [9.17, 15) is 4.79 Å². The lowest BCUT2D eigenvalue weighted by atomic mass is 9.97. The van der Waals surface area contributed by atoms with Crippen molar-refractivity contribution >= 4 is 17.3 Å². The first-order valence-electron chi connectivity index (χ1n) is 7.46. The average molecular weight is 276 g/mol. The molecule has 0 radical (unpaired) electrons. The highest BCUT2D eigenvalue weighted by Gasteiger charge is 2.36. The van der Waals surface area contributed by atoms with Gasteiger partial charge in [0.15, 0.2) is 0 Å². The van der Waals surface area contributed by atoms with Crippen molar-refractivity contribution in [2.45, 2.75) is 39.2 Å². The van der Waals surface area contributed by atoms with Crippen LogP contribution in [0.1, 0.15) is 33.1 Å². The second kappa shape index (κ2) is 6.75. The van der Waals surface area contributed by atoms with Crippen LogP contribution in [0.2, 0.25) is 0 Å². The summed E-state index contributed by atoms with van der Waals surface area (Å²) in [4.78, 5) is 14.7. The van der Waals surface area contributed by atoms with E-state index in [1.165, 1.54) is 0 Å². The summed E-state index contributed by atoms with van der Waals surface area (Å²) in [5.41, 5.74) is 7.50. The number of anilines is 2. The Morgan fingerprint density at radius 1 is 1.40 bits per heavy atom. The topological polar surface area (TPSA) is 55.6 Å². The third-order valence-corrected chi connectivity index (χ3v) is 3.87. The second-order valence-corrected chi connectivity index (χ2v) is 5.26. The summed E-state index contributed by atoms with van der Waals surface area (Å²) < 4.78 is 5.65. The van der Waals surface area contributed by atoms with Gasteiger partial charge in [0.1, 0.15) is 0 Å². The van der Waals surface area contributed by atoms with E-state index < -0.39 is 0 Å². The molecule has 110 valence electrons. The lowest BCUT2D eigenvalue weighted by Gasteiger charge is -2.28. The molecule has 2 N–H and O–H groups in total. The first-order valence-corrected chi connectivity index (χ1v) is 7.46. The predicted molar refractivity (Wildman–Crippen MR) is 81.6 cm³/mol.